The smallest absolute Gasteiger partial charge is 0.130 e. The summed E-state index contributed by atoms with van der Waals surface area (Å²) in [5, 5.41) is 0. The lowest BCUT2D eigenvalue weighted by Gasteiger charge is -2.19. The van der Waals surface area contributed by atoms with E-state index < -0.39 is 0 Å². The van der Waals surface area contributed by atoms with Gasteiger partial charge in [-0.05, 0) is 47.2 Å². The van der Waals surface area contributed by atoms with Gasteiger partial charge in [-0.3, -0.25) is 0 Å². The summed E-state index contributed by atoms with van der Waals surface area (Å²) >= 11 is 0. The molecule has 0 aromatic heterocycles. The fraction of sp³-hybridized carbons (Fsp3) is 0.333. The summed E-state index contributed by atoms with van der Waals surface area (Å²) in [6, 6.07) is 14.4. The van der Waals surface area contributed by atoms with Crippen LogP contribution in [-0.2, 0) is 12.0 Å². The van der Waals surface area contributed by atoms with Crippen molar-refractivity contribution in [3.8, 4) is 11.5 Å². The van der Waals surface area contributed by atoms with Crippen LogP contribution in [0.1, 0.15) is 37.5 Å². The third kappa shape index (κ3) is 3.40. The number of ether oxygens (including phenoxy) is 1. The van der Waals surface area contributed by atoms with Gasteiger partial charge in [0.1, 0.15) is 11.5 Å². The van der Waals surface area contributed by atoms with Crippen molar-refractivity contribution < 1.29 is 4.74 Å². The Morgan fingerprint density at radius 3 is 2.15 bits per heavy atom. The third-order valence-corrected chi connectivity index (χ3v) is 3.42. The summed E-state index contributed by atoms with van der Waals surface area (Å²) in [6.45, 7) is 9.22. The molecule has 0 fully saturated rings. The lowest BCUT2D eigenvalue weighted by atomic mass is 9.87. The standard InChI is InChI=1S/C18H23NO/c1-13-11-14(12-19)5-10-17(13)20-16-8-6-15(7-9-16)18(2,3)4/h5-11H,12,19H2,1-4H3. The van der Waals surface area contributed by atoms with Crippen molar-refractivity contribution >= 4 is 0 Å². The van der Waals surface area contributed by atoms with Crippen molar-refractivity contribution in [1.82, 2.24) is 0 Å². The summed E-state index contributed by atoms with van der Waals surface area (Å²) in [5.74, 6) is 1.74. The molecule has 106 valence electrons. The van der Waals surface area contributed by atoms with Gasteiger partial charge < -0.3 is 10.5 Å². The summed E-state index contributed by atoms with van der Waals surface area (Å²) in [5.41, 5.74) is 9.33. The average molecular weight is 269 g/mol. The molecule has 2 rings (SSSR count). The monoisotopic (exact) mass is 269 g/mol. The highest BCUT2D eigenvalue weighted by Gasteiger charge is 2.13. The summed E-state index contributed by atoms with van der Waals surface area (Å²) in [4.78, 5) is 0. The second-order valence-corrected chi connectivity index (χ2v) is 6.18. The van der Waals surface area contributed by atoms with E-state index in [2.05, 4.69) is 39.0 Å². The van der Waals surface area contributed by atoms with Crippen LogP contribution in [0.3, 0.4) is 0 Å². The van der Waals surface area contributed by atoms with E-state index >= 15 is 0 Å². The molecule has 2 nitrogen and oxygen atoms in total. The molecular formula is C18H23NO. The Balaban J connectivity index is 2.18. The summed E-state index contributed by atoms with van der Waals surface area (Å²) in [6.07, 6.45) is 0. The van der Waals surface area contributed by atoms with Crippen LogP contribution in [0.15, 0.2) is 42.5 Å². The van der Waals surface area contributed by atoms with Crippen molar-refractivity contribution in [2.24, 2.45) is 5.73 Å². The van der Waals surface area contributed by atoms with Gasteiger partial charge in [0.05, 0.1) is 0 Å². The lowest BCUT2D eigenvalue weighted by Crippen LogP contribution is -2.10. The summed E-state index contributed by atoms with van der Waals surface area (Å²) in [7, 11) is 0. The van der Waals surface area contributed by atoms with Crippen molar-refractivity contribution in [3.63, 3.8) is 0 Å². The van der Waals surface area contributed by atoms with Gasteiger partial charge in [-0.1, -0.05) is 45.0 Å². The van der Waals surface area contributed by atoms with Gasteiger partial charge in [-0.2, -0.15) is 0 Å². The Labute approximate surface area is 121 Å². The molecule has 0 heterocycles. The van der Waals surface area contributed by atoms with Gasteiger partial charge >= 0.3 is 0 Å². The molecule has 0 aliphatic rings. The van der Waals surface area contributed by atoms with Crippen LogP contribution in [0.2, 0.25) is 0 Å². The van der Waals surface area contributed by atoms with E-state index in [9.17, 15) is 0 Å². The number of aryl methyl sites for hydroxylation is 1. The maximum atomic E-state index is 5.94. The van der Waals surface area contributed by atoms with E-state index in [-0.39, 0.29) is 5.41 Å². The van der Waals surface area contributed by atoms with Crippen LogP contribution in [0.5, 0.6) is 11.5 Å². The van der Waals surface area contributed by atoms with Gasteiger partial charge in [0.2, 0.25) is 0 Å². The van der Waals surface area contributed by atoms with Gasteiger partial charge in [-0.15, -0.1) is 0 Å². The van der Waals surface area contributed by atoms with E-state index in [1.165, 1.54) is 5.56 Å². The topological polar surface area (TPSA) is 35.2 Å². The molecule has 0 saturated carbocycles. The van der Waals surface area contributed by atoms with E-state index in [0.29, 0.717) is 6.54 Å². The number of hydrogen-bond donors (Lipinski definition) is 1. The minimum absolute atomic E-state index is 0.164. The normalized spacial score (nSPS) is 11.4. The molecule has 2 aromatic carbocycles. The maximum Gasteiger partial charge on any atom is 0.130 e. The molecule has 0 radical (unpaired) electrons. The zero-order valence-electron chi connectivity index (χ0n) is 12.7. The lowest BCUT2D eigenvalue weighted by molar-refractivity contribution is 0.477. The Kier molecular flexibility index (Phi) is 4.15. The molecule has 0 atom stereocenters. The predicted molar refractivity (Wildman–Crippen MR) is 84.3 cm³/mol. The highest BCUT2D eigenvalue weighted by molar-refractivity contribution is 5.40. The highest BCUT2D eigenvalue weighted by atomic mass is 16.5. The molecular weight excluding hydrogens is 246 g/mol. The number of benzene rings is 2. The fourth-order valence-electron chi connectivity index (χ4n) is 2.10. The third-order valence-electron chi connectivity index (χ3n) is 3.42. The molecule has 0 spiro atoms. The Morgan fingerprint density at radius 1 is 1.00 bits per heavy atom. The second-order valence-electron chi connectivity index (χ2n) is 6.18. The first kappa shape index (κ1) is 14.6. The minimum atomic E-state index is 0.164. The number of rotatable bonds is 3. The molecule has 2 heteroatoms. The van der Waals surface area contributed by atoms with Gasteiger partial charge in [0, 0.05) is 6.54 Å². The van der Waals surface area contributed by atoms with Crippen LogP contribution in [0.4, 0.5) is 0 Å². The minimum Gasteiger partial charge on any atom is -0.457 e. The van der Waals surface area contributed by atoms with Crippen LogP contribution in [0.25, 0.3) is 0 Å². The molecule has 0 aliphatic heterocycles. The zero-order chi connectivity index (χ0) is 14.8. The van der Waals surface area contributed by atoms with Crippen molar-refractivity contribution in [3.05, 3.63) is 59.2 Å². The zero-order valence-corrected chi connectivity index (χ0v) is 12.7. The van der Waals surface area contributed by atoms with Crippen molar-refractivity contribution in [1.29, 1.82) is 0 Å². The maximum absolute atomic E-state index is 5.94. The van der Waals surface area contributed by atoms with Gasteiger partial charge in [-0.25, -0.2) is 0 Å². The molecule has 0 saturated heterocycles. The number of nitrogens with two attached hydrogens (primary N) is 1. The summed E-state index contributed by atoms with van der Waals surface area (Å²) < 4.78 is 5.94. The molecule has 0 aliphatic carbocycles. The fourth-order valence-corrected chi connectivity index (χ4v) is 2.10. The number of hydrogen-bond acceptors (Lipinski definition) is 2. The van der Waals surface area contributed by atoms with Crippen LogP contribution in [0, 0.1) is 6.92 Å². The quantitative estimate of drug-likeness (QED) is 0.887. The van der Waals surface area contributed by atoms with E-state index in [1.807, 2.05) is 31.2 Å². The second kappa shape index (κ2) is 5.68. The molecule has 0 amide bonds. The Bertz CT molecular complexity index is 579. The van der Waals surface area contributed by atoms with Crippen molar-refractivity contribution in [2.75, 3.05) is 0 Å². The first-order valence-electron chi connectivity index (χ1n) is 6.98. The average Bonchev–Trinajstić information content (AvgIpc) is 2.40. The van der Waals surface area contributed by atoms with Crippen molar-refractivity contribution in [2.45, 2.75) is 39.7 Å². The van der Waals surface area contributed by atoms with E-state index in [4.69, 9.17) is 10.5 Å². The highest BCUT2D eigenvalue weighted by Crippen LogP contribution is 2.28. The first-order valence-corrected chi connectivity index (χ1v) is 6.98. The van der Waals surface area contributed by atoms with E-state index in [0.717, 1.165) is 22.6 Å². The first-order chi connectivity index (χ1) is 9.40. The molecule has 20 heavy (non-hydrogen) atoms. The predicted octanol–water partition coefficient (Wildman–Crippen LogP) is 4.54. The Morgan fingerprint density at radius 2 is 1.65 bits per heavy atom. The van der Waals surface area contributed by atoms with Crippen LogP contribution in [-0.4, -0.2) is 0 Å². The van der Waals surface area contributed by atoms with Crippen LogP contribution >= 0.6 is 0 Å². The molecule has 2 aromatic rings. The Hall–Kier alpha value is -1.80. The van der Waals surface area contributed by atoms with Gasteiger partial charge in [0.25, 0.3) is 0 Å². The molecule has 2 N–H and O–H groups in total. The van der Waals surface area contributed by atoms with Crippen LogP contribution < -0.4 is 10.5 Å². The molecule has 0 bridgehead atoms. The molecule has 0 unspecified atom stereocenters. The van der Waals surface area contributed by atoms with E-state index in [1.54, 1.807) is 0 Å². The largest absolute Gasteiger partial charge is 0.457 e. The van der Waals surface area contributed by atoms with Gasteiger partial charge in [0.15, 0.2) is 0 Å². The SMILES string of the molecule is Cc1cc(CN)ccc1Oc1ccc(C(C)(C)C)cc1.